The lowest BCUT2D eigenvalue weighted by Gasteiger charge is -2.25. The first-order chi connectivity index (χ1) is 9.15. The Balaban J connectivity index is 2.50. The van der Waals surface area contributed by atoms with E-state index in [0.717, 1.165) is 25.7 Å². The summed E-state index contributed by atoms with van der Waals surface area (Å²) in [5, 5.41) is 2.87. The van der Waals surface area contributed by atoms with Crippen LogP contribution in [0.2, 0.25) is 0 Å². The van der Waals surface area contributed by atoms with Gasteiger partial charge in [-0.05, 0) is 32.1 Å². The Bertz CT molecular complexity index is 434. The number of carbonyl (C=O) groups is 1. The molecule has 0 radical (unpaired) electrons. The maximum atomic E-state index is 12.0. The van der Waals surface area contributed by atoms with E-state index >= 15 is 0 Å². The predicted octanol–water partition coefficient (Wildman–Crippen LogP) is 0.338. The first kappa shape index (κ1) is 17.4. The van der Waals surface area contributed by atoms with Crippen molar-refractivity contribution < 1.29 is 13.2 Å². The molecule has 0 bridgehead atoms. The average Bonchev–Trinajstić information content (AvgIpc) is 2.70. The Morgan fingerprint density at radius 3 is 2.60 bits per heavy atom. The van der Waals surface area contributed by atoms with Crippen molar-refractivity contribution >= 4 is 15.9 Å². The average molecular weight is 305 g/mol. The third-order valence-electron chi connectivity index (χ3n) is 3.84. The lowest BCUT2D eigenvalue weighted by molar-refractivity contribution is -0.126. The SMILES string of the molecule is CCCC(C)(N)C(=O)NCC1CCCC1NS(C)(=O)=O. The first-order valence-corrected chi connectivity index (χ1v) is 9.09. The van der Waals surface area contributed by atoms with Crippen LogP contribution in [0.5, 0.6) is 0 Å². The van der Waals surface area contributed by atoms with E-state index in [1.54, 1.807) is 6.92 Å². The minimum atomic E-state index is -3.20. The van der Waals surface area contributed by atoms with Gasteiger partial charge in [0.1, 0.15) is 0 Å². The highest BCUT2D eigenvalue weighted by molar-refractivity contribution is 7.88. The molecule has 1 aliphatic carbocycles. The van der Waals surface area contributed by atoms with Gasteiger partial charge in [0, 0.05) is 12.6 Å². The molecule has 4 N–H and O–H groups in total. The van der Waals surface area contributed by atoms with Gasteiger partial charge in [-0.2, -0.15) is 0 Å². The molecule has 20 heavy (non-hydrogen) atoms. The highest BCUT2D eigenvalue weighted by Gasteiger charge is 2.32. The van der Waals surface area contributed by atoms with Crippen LogP contribution in [0, 0.1) is 5.92 Å². The summed E-state index contributed by atoms with van der Waals surface area (Å²) in [5.41, 5.74) is 5.11. The molecule has 0 aromatic heterocycles. The number of hydrogen-bond donors (Lipinski definition) is 3. The van der Waals surface area contributed by atoms with Crippen LogP contribution in [-0.2, 0) is 14.8 Å². The molecule has 3 atom stereocenters. The smallest absolute Gasteiger partial charge is 0.239 e. The molecule has 0 aromatic rings. The van der Waals surface area contributed by atoms with Crippen molar-refractivity contribution in [3.63, 3.8) is 0 Å². The molecule has 0 saturated heterocycles. The van der Waals surface area contributed by atoms with E-state index in [9.17, 15) is 13.2 Å². The third-order valence-corrected chi connectivity index (χ3v) is 4.57. The molecule has 0 spiro atoms. The van der Waals surface area contributed by atoms with E-state index in [0.29, 0.717) is 13.0 Å². The minimum Gasteiger partial charge on any atom is -0.354 e. The van der Waals surface area contributed by atoms with Gasteiger partial charge >= 0.3 is 0 Å². The van der Waals surface area contributed by atoms with E-state index in [4.69, 9.17) is 5.73 Å². The zero-order valence-electron chi connectivity index (χ0n) is 12.6. The first-order valence-electron chi connectivity index (χ1n) is 7.20. The molecular weight excluding hydrogens is 278 g/mol. The highest BCUT2D eigenvalue weighted by atomic mass is 32.2. The zero-order valence-corrected chi connectivity index (χ0v) is 13.4. The van der Waals surface area contributed by atoms with Gasteiger partial charge in [-0.15, -0.1) is 0 Å². The lowest BCUT2D eigenvalue weighted by atomic mass is 9.96. The Morgan fingerprint density at radius 2 is 2.05 bits per heavy atom. The second-order valence-electron chi connectivity index (χ2n) is 6.06. The van der Waals surface area contributed by atoms with E-state index in [-0.39, 0.29) is 17.9 Å². The van der Waals surface area contributed by atoms with Crippen LogP contribution in [-0.4, -0.2) is 38.7 Å². The van der Waals surface area contributed by atoms with E-state index in [1.807, 2.05) is 6.92 Å². The Labute approximate surface area is 121 Å². The van der Waals surface area contributed by atoms with Gasteiger partial charge in [-0.25, -0.2) is 13.1 Å². The summed E-state index contributed by atoms with van der Waals surface area (Å²) >= 11 is 0. The van der Waals surface area contributed by atoms with Gasteiger partial charge in [-0.3, -0.25) is 4.79 Å². The summed E-state index contributed by atoms with van der Waals surface area (Å²) in [5.74, 6) is -0.0181. The van der Waals surface area contributed by atoms with Crippen molar-refractivity contribution in [1.82, 2.24) is 10.0 Å². The predicted molar refractivity (Wildman–Crippen MR) is 79.6 cm³/mol. The lowest BCUT2D eigenvalue weighted by Crippen LogP contribution is -2.53. The fraction of sp³-hybridized carbons (Fsp3) is 0.923. The standard InChI is InChI=1S/C13H27N3O3S/c1-4-8-13(2,14)12(17)15-9-10-6-5-7-11(10)16-20(3,18)19/h10-11,16H,4-9,14H2,1-3H3,(H,15,17). The molecule has 1 aliphatic rings. The van der Waals surface area contributed by atoms with Crippen LogP contribution in [0.15, 0.2) is 0 Å². The molecule has 0 heterocycles. The maximum absolute atomic E-state index is 12.0. The van der Waals surface area contributed by atoms with Crippen molar-refractivity contribution in [1.29, 1.82) is 0 Å². The number of sulfonamides is 1. The normalized spacial score (nSPS) is 26.2. The minimum absolute atomic E-state index is 0.0829. The quantitative estimate of drug-likeness (QED) is 0.631. The number of hydrogen-bond acceptors (Lipinski definition) is 4. The molecule has 6 nitrogen and oxygen atoms in total. The topological polar surface area (TPSA) is 101 Å². The summed E-state index contributed by atoms with van der Waals surface area (Å²) in [4.78, 5) is 12.0. The van der Waals surface area contributed by atoms with Crippen molar-refractivity contribution in [2.45, 2.75) is 57.5 Å². The number of nitrogens with two attached hydrogens (primary N) is 1. The molecule has 1 amide bonds. The summed E-state index contributed by atoms with van der Waals surface area (Å²) in [6.07, 6.45) is 5.36. The molecule has 1 rings (SSSR count). The number of rotatable bonds is 7. The maximum Gasteiger partial charge on any atom is 0.239 e. The van der Waals surface area contributed by atoms with Crippen LogP contribution in [0.4, 0.5) is 0 Å². The summed E-state index contributed by atoms with van der Waals surface area (Å²) in [7, 11) is -3.20. The van der Waals surface area contributed by atoms with Crippen molar-refractivity contribution in [3.8, 4) is 0 Å². The number of amides is 1. The fourth-order valence-corrected chi connectivity index (χ4v) is 3.63. The Hall–Kier alpha value is -0.660. The van der Waals surface area contributed by atoms with Crippen LogP contribution in [0.1, 0.15) is 46.0 Å². The molecule has 3 unspecified atom stereocenters. The van der Waals surface area contributed by atoms with Crippen LogP contribution in [0.3, 0.4) is 0 Å². The van der Waals surface area contributed by atoms with Gasteiger partial charge in [0.15, 0.2) is 0 Å². The Morgan fingerprint density at radius 1 is 1.40 bits per heavy atom. The number of carbonyl (C=O) groups excluding carboxylic acids is 1. The molecule has 1 fully saturated rings. The van der Waals surface area contributed by atoms with E-state index in [1.165, 1.54) is 6.26 Å². The second kappa shape index (κ2) is 6.87. The summed E-state index contributed by atoms with van der Waals surface area (Å²) in [6, 6.07) is -0.0829. The van der Waals surface area contributed by atoms with Crippen molar-refractivity contribution in [2.24, 2.45) is 11.7 Å². The zero-order chi connectivity index (χ0) is 15.4. The molecule has 0 aliphatic heterocycles. The van der Waals surface area contributed by atoms with Gasteiger partial charge < -0.3 is 11.1 Å². The molecule has 0 aromatic carbocycles. The van der Waals surface area contributed by atoms with Crippen LogP contribution in [0.25, 0.3) is 0 Å². The fourth-order valence-electron chi connectivity index (χ4n) is 2.77. The highest BCUT2D eigenvalue weighted by Crippen LogP contribution is 2.25. The third kappa shape index (κ3) is 5.38. The van der Waals surface area contributed by atoms with Crippen molar-refractivity contribution in [3.05, 3.63) is 0 Å². The van der Waals surface area contributed by atoms with Crippen LogP contribution >= 0.6 is 0 Å². The summed E-state index contributed by atoms with van der Waals surface area (Å²) in [6.45, 7) is 4.19. The van der Waals surface area contributed by atoms with E-state index in [2.05, 4.69) is 10.0 Å². The van der Waals surface area contributed by atoms with Crippen molar-refractivity contribution in [2.75, 3.05) is 12.8 Å². The van der Waals surface area contributed by atoms with Gasteiger partial charge in [-0.1, -0.05) is 19.8 Å². The molecule has 1 saturated carbocycles. The largest absolute Gasteiger partial charge is 0.354 e. The summed E-state index contributed by atoms with van der Waals surface area (Å²) < 4.78 is 25.2. The van der Waals surface area contributed by atoms with Gasteiger partial charge in [0.25, 0.3) is 0 Å². The van der Waals surface area contributed by atoms with Crippen LogP contribution < -0.4 is 15.8 Å². The second-order valence-corrected chi connectivity index (χ2v) is 7.85. The monoisotopic (exact) mass is 305 g/mol. The molecular formula is C13H27N3O3S. The van der Waals surface area contributed by atoms with E-state index < -0.39 is 15.6 Å². The molecule has 7 heteroatoms. The van der Waals surface area contributed by atoms with Gasteiger partial charge in [0.2, 0.25) is 15.9 Å². The number of nitrogens with one attached hydrogen (secondary N) is 2. The van der Waals surface area contributed by atoms with Gasteiger partial charge in [0.05, 0.1) is 11.8 Å². The molecule has 118 valence electrons. The Kier molecular flexibility index (Phi) is 5.97.